The van der Waals surface area contributed by atoms with Gasteiger partial charge in [0, 0.05) is 37.3 Å². The van der Waals surface area contributed by atoms with E-state index in [0.29, 0.717) is 33.9 Å². The number of nitrogens with zero attached hydrogens (tertiary/aromatic N) is 4. The Bertz CT molecular complexity index is 1890. The van der Waals surface area contributed by atoms with Crippen LogP contribution in [0.3, 0.4) is 0 Å². The van der Waals surface area contributed by atoms with Crippen LogP contribution in [0.25, 0.3) is 34.2 Å². The maximum Gasteiger partial charge on any atom is 0.164 e. The number of para-hydroxylation sites is 1. The van der Waals surface area contributed by atoms with E-state index in [9.17, 15) is 4.21 Å². The van der Waals surface area contributed by atoms with E-state index < -0.39 is 10.1 Å². The second kappa shape index (κ2) is 10.4. The van der Waals surface area contributed by atoms with Crippen molar-refractivity contribution in [2.24, 2.45) is 4.99 Å². The molecule has 198 valence electrons. The lowest BCUT2D eigenvalue weighted by Crippen LogP contribution is -2.39. The average molecular weight is 552 g/mol. The monoisotopic (exact) mass is 551 g/mol. The molecule has 1 aliphatic heterocycles. The molecule has 0 saturated carbocycles. The highest BCUT2D eigenvalue weighted by molar-refractivity contribution is 8.02. The van der Waals surface area contributed by atoms with Gasteiger partial charge in [0.25, 0.3) is 0 Å². The van der Waals surface area contributed by atoms with Crippen LogP contribution in [0.4, 0.5) is 5.69 Å². The Balaban J connectivity index is 1.35. The van der Waals surface area contributed by atoms with Crippen LogP contribution in [0.2, 0.25) is 0 Å². The van der Waals surface area contributed by atoms with Crippen molar-refractivity contribution in [3.05, 3.63) is 145 Å². The maximum absolute atomic E-state index is 14.6. The van der Waals surface area contributed by atoms with Gasteiger partial charge in [0.05, 0.1) is 10.6 Å². The molecule has 0 atom stereocenters. The van der Waals surface area contributed by atoms with Gasteiger partial charge >= 0.3 is 0 Å². The number of hydrogen-bond acceptors (Lipinski definition) is 5. The van der Waals surface area contributed by atoms with E-state index in [1.54, 1.807) is 0 Å². The molecule has 2 heterocycles. The zero-order chi connectivity index (χ0) is 27.6. The lowest BCUT2D eigenvalue weighted by Gasteiger charge is -2.32. The minimum atomic E-state index is -3.18. The normalized spacial score (nSPS) is 14.3. The fourth-order valence-electron chi connectivity index (χ4n) is 4.89. The molecular formula is C34H25N5OS. The number of nitrogens with one attached hydrogen (secondary N) is 1. The van der Waals surface area contributed by atoms with E-state index in [1.165, 1.54) is 0 Å². The van der Waals surface area contributed by atoms with E-state index in [1.807, 2.05) is 140 Å². The molecule has 0 fully saturated rings. The number of aromatic nitrogens is 3. The summed E-state index contributed by atoms with van der Waals surface area (Å²) in [5, 5.41) is 0. The Labute approximate surface area is 239 Å². The summed E-state index contributed by atoms with van der Waals surface area (Å²) in [5.41, 5.74) is 4.09. The summed E-state index contributed by atoms with van der Waals surface area (Å²) in [6.07, 6.45) is 0. The van der Waals surface area contributed by atoms with E-state index in [0.717, 1.165) is 27.1 Å². The van der Waals surface area contributed by atoms with Gasteiger partial charge in [-0.25, -0.2) is 19.9 Å². The van der Waals surface area contributed by atoms with E-state index >= 15 is 0 Å². The Morgan fingerprint density at radius 1 is 0.488 bits per heavy atom. The zero-order valence-electron chi connectivity index (χ0n) is 21.9. The molecule has 0 saturated heterocycles. The second-order valence-corrected chi connectivity index (χ2v) is 12.1. The highest BCUT2D eigenvalue weighted by atomic mass is 32.3. The van der Waals surface area contributed by atoms with Crippen LogP contribution < -0.4 is 4.72 Å². The van der Waals surface area contributed by atoms with Crippen molar-refractivity contribution >= 4 is 21.6 Å². The Kier molecular flexibility index (Phi) is 6.26. The minimum absolute atomic E-state index is 0.540. The summed E-state index contributed by atoms with van der Waals surface area (Å²) in [5.74, 6) is 2.27. The van der Waals surface area contributed by atoms with Crippen molar-refractivity contribution in [1.82, 2.24) is 19.7 Å². The SMILES string of the molecule is O=[SH]1(c2ccccc2)NC(c2cccc(-c3nc(-c4ccccc4)nc(-c4ccccc4)n3)c2)=Nc2ccccc21. The van der Waals surface area contributed by atoms with Crippen molar-refractivity contribution in [2.75, 3.05) is 0 Å². The first-order valence-electron chi connectivity index (χ1n) is 13.3. The van der Waals surface area contributed by atoms with Crippen molar-refractivity contribution in [3.8, 4) is 34.2 Å². The molecule has 0 unspecified atom stereocenters. The van der Waals surface area contributed by atoms with Crippen LogP contribution in [0.1, 0.15) is 5.56 Å². The van der Waals surface area contributed by atoms with Crippen molar-refractivity contribution in [1.29, 1.82) is 0 Å². The first-order valence-corrected chi connectivity index (χ1v) is 15.0. The lowest BCUT2D eigenvalue weighted by molar-refractivity contribution is 0.666. The third-order valence-corrected chi connectivity index (χ3v) is 9.54. The van der Waals surface area contributed by atoms with Crippen LogP contribution >= 0.6 is 0 Å². The summed E-state index contributed by atoms with van der Waals surface area (Å²) in [7, 11) is -3.18. The second-order valence-electron chi connectivity index (χ2n) is 9.62. The zero-order valence-corrected chi connectivity index (χ0v) is 22.8. The minimum Gasteiger partial charge on any atom is -0.304 e. The molecule has 6 aromatic rings. The maximum atomic E-state index is 14.6. The molecule has 7 heteroatoms. The van der Waals surface area contributed by atoms with Crippen LogP contribution in [0, 0.1) is 0 Å². The molecule has 0 bridgehead atoms. The number of fused-ring (bicyclic) bond motifs is 1. The largest absolute Gasteiger partial charge is 0.304 e. The van der Waals surface area contributed by atoms with Crippen LogP contribution in [-0.2, 0) is 10.1 Å². The van der Waals surface area contributed by atoms with Crippen molar-refractivity contribution in [2.45, 2.75) is 9.79 Å². The first kappa shape index (κ1) is 24.7. The quantitative estimate of drug-likeness (QED) is 0.228. The van der Waals surface area contributed by atoms with Gasteiger partial charge in [0.1, 0.15) is 5.84 Å². The van der Waals surface area contributed by atoms with Gasteiger partial charge in [-0.05, 0) is 30.3 Å². The van der Waals surface area contributed by atoms with Gasteiger partial charge in [-0.15, -0.1) is 0 Å². The molecule has 0 spiro atoms. The van der Waals surface area contributed by atoms with Crippen LogP contribution in [0.15, 0.2) is 154 Å². The number of amidine groups is 1. The molecule has 1 aliphatic rings. The van der Waals surface area contributed by atoms with Crippen molar-refractivity contribution in [3.63, 3.8) is 0 Å². The molecule has 41 heavy (non-hydrogen) atoms. The first-order chi connectivity index (χ1) is 20.2. The van der Waals surface area contributed by atoms with E-state index in [2.05, 4.69) is 4.72 Å². The van der Waals surface area contributed by atoms with Gasteiger partial charge in [-0.1, -0.05) is 109 Å². The van der Waals surface area contributed by atoms with Gasteiger partial charge < -0.3 is 4.72 Å². The molecular weight excluding hydrogens is 526 g/mol. The Morgan fingerprint density at radius 3 is 1.61 bits per heavy atom. The third kappa shape index (κ3) is 4.73. The summed E-state index contributed by atoms with van der Waals surface area (Å²) in [4.78, 5) is 20.8. The highest BCUT2D eigenvalue weighted by Gasteiger charge is 2.29. The molecule has 5 aromatic carbocycles. The number of hydrogen-bond donors (Lipinski definition) is 2. The lowest BCUT2D eigenvalue weighted by atomic mass is 10.1. The highest BCUT2D eigenvalue weighted by Crippen LogP contribution is 2.37. The Morgan fingerprint density at radius 2 is 0.976 bits per heavy atom. The summed E-state index contributed by atoms with van der Waals surface area (Å²) < 4.78 is 17.9. The number of rotatable bonds is 5. The van der Waals surface area contributed by atoms with Crippen molar-refractivity contribution < 1.29 is 4.21 Å². The summed E-state index contributed by atoms with van der Waals surface area (Å²) in [6.45, 7) is 0. The molecule has 0 aliphatic carbocycles. The standard InChI is InChI=1S/C34H25N5OS/c40-41(28-19-8-3-9-20-28)30-22-11-10-21-29(30)35-34(39-41)27-18-12-17-26(23-27)33-37-31(24-13-4-1-5-14-24)36-32(38-33)25-15-6-2-7-16-25/h1-23,41H,(H,35,39,40). The summed E-state index contributed by atoms with van der Waals surface area (Å²) >= 11 is 0. The van der Waals surface area contributed by atoms with Crippen LogP contribution in [-0.4, -0.2) is 25.0 Å². The molecule has 0 amide bonds. The van der Waals surface area contributed by atoms with Gasteiger partial charge in [-0.3, -0.25) is 4.21 Å². The van der Waals surface area contributed by atoms with E-state index in [4.69, 9.17) is 19.9 Å². The molecule has 1 N–H and O–H groups in total. The average Bonchev–Trinajstić information content (AvgIpc) is 3.06. The molecule has 0 radical (unpaired) electrons. The van der Waals surface area contributed by atoms with Gasteiger partial charge in [-0.2, -0.15) is 0 Å². The third-order valence-electron chi connectivity index (χ3n) is 6.93. The molecule has 6 nitrogen and oxygen atoms in total. The Hall–Kier alpha value is -5.27. The number of benzene rings is 5. The smallest absolute Gasteiger partial charge is 0.164 e. The van der Waals surface area contributed by atoms with Gasteiger partial charge in [0.15, 0.2) is 17.5 Å². The number of thiol groups is 1. The molecule has 1 aromatic heterocycles. The van der Waals surface area contributed by atoms with Crippen LogP contribution in [0.5, 0.6) is 0 Å². The van der Waals surface area contributed by atoms with Gasteiger partial charge in [0.2, 0.25) is 0 Å². The predicted molar refractivity (Wildman–Crippen MR) is 164 cm³/mol. The summed E-state index contributed by atoms with van der Waals surface area (Å²) in [6, 6.07) is 44.7. The molecule has 7 rings (SSSR count). The fourth-order valence-corrected chi connectivity index (χ4v) is 7.23. The topological polar surface area (TPSA) is 80.1 Å². The van der Waals surface area contributed by atoms with E-state index in [-0.39, 0.29) is 0 Å². The number of aliphatic imine (C=N–C) groups is 1. The predicted octanol–water partition coefficient (Wildman–Crippen LogP) is 6.90. The fraction of sp³-hybridized carbons (Fsp3) is 0.